The number of pyridine rings is 1. The summed E-state index contributed by atoms with van der Waals surface area (Å²) in [7, 11) is 0. The quantitative estimate of drug-likeness (QED) is 0.159. The van der Waals surface area contributed by atoms with Crippen LogP contribution >= 0.6 is 11.6 Å². The summed E-state index contributed by atoms with van der Waals surface area (Å²) in [6.45, 7) is 1.08. The molecule has 5 heterocycles. The van der Waals surface area contributed by atoms with Crippen LogP contribution in [0.5, 0.6) is 0 Å². The average molecular weight is 724 g/mol. The van der Waals surface area contributed by atoms with E-state index in [1.54, 1.807) is 23.4 Å². The van der Waals surface area contributed by atoms with Gasteiger partial charge in [-0.15, -0.1) is 0 Å². The number of halogens is 7. The molecular formula is C30H24ClF6N9O4. The molecule has 0 atom stereocenters. The second-order valence-electron chi connectivity index (χ2n) is 11.0. The molecule has 20 heteroatoms. The Hall–Kier alpha value is -5.59. The molecule has 2 amide bonds. The number of carbonyl (C=O) groups excluding carboxylic acids is 4. The molecule has 0 spiro atoms. The Morgan fingerprint density at radius 1 is 0.900 bits per heavy atom. The Labute approximate surface area is 282 Å². The molecule has 6 rings (SSSR count). The normalized spacial score (nSPS) is 14.2. The number of nitrogens with one attached hydrogen (secondary N) is 4. The number of hydrogen-bond donors (Lipinski definition) is 4. The number of hydrogen-bond acceptors (Lipinski definition) is 10. The van der Waals surface area contributed by atoms with Crippen molar-refractivity contribution < 1.29 is 45.5 Å². The van der Waals surface area contributed by atoms with Gasteiger partial charge in [0.05, 0.1) is 18.1 Å². The van der Waals surface area contributed by atoms with E-state index in [1.165, 1.54) is 6.20 Å². The van der Waals surface area contributed by atoms with Crippen molar-refractivity contribution in [3.05, 3.63) is 77.0 Å². The summed E-state index contributed by atoms with van der Waals surface area (Å²) in [6.07, 6.45) is -3.17. The summed E-state index contributed by atoms with van der Waals surface area (Å²) in [4.78, 5) is 59.3. The number of aromatic nitrogens is 5. The fraction of sp³-hybridized carbons (Fsp3) is 0.267. The maximum Gasteiger partial charge on any atom is 0.458 e. The van der Waals surface area contributed by atoms with Gasteiger partial charge in [0.15, 0.2) is 5.82 Å². The van der Waals surface area contributed by atoms with Crippen molar-refractivity contribution in [3.63, 3.8) is 0 Å². The zero-order valence-corrected chi connectivity index (χ0v) is 26.1. The Kier molecular flexibility index (Phi) is 10.3. The largest absolute Gasteiger partial charge is 0.458 e. The highest BCUT2D eigenvalue weighted by Gasteiger charge is 2.54. The topological polar surface area (TPSA) is 175 Å². The standard InChI is InChI=1S/C26H24ClN9O2.C4F6O2/c27-20-12-29-26-32-19-7-15(10-28-11-19)1-2-17-9-18(31-24(20)34-26)3-4-21(17)33-23(37)8-16-13-36(14-16)25(38)22-5-6-30-35-22;5-3(6,7)1(11)2(12)4(8,9)10/h3-7,9-12,16H,1-2,8,13-14H2,(H,30,35)(H,33,37)(H2,29,31,32,34);. The molecule has 6 bridgehead atoms. The molecule has 0 saturated carbocycles. The number of nitrogens with zero attached hydrogens (tertiary/aromatic N) is 5. The minimum atomic E-state index is -5.77. The van der Waals surface area contributed by atoms with Gasteiger partial charge in [-0.1, -0.05) is 11.6 Å². The first-order chi connectivity index (χ1) is 23.6. The van der Waals surface area contributed by atoms with Crippen molar-refractivity contribution in [1.82, 2.24) is 30.0 Å². The monoisotopic (exact) mass is 723 g/mol. The number of carbonyl (C=O) groups is 4. The lowest BCUT2D eigenvalue weighted by Crippen LogP contribution is -2.51. The minimum Gasteiger partial charge on any atom is -0.339 e. The molecule has 50 heavy (non-hydrogen) atoms. The smallest absolute Gasteiger partial charge is 0.339 e. The molecule has 2 aliphatic heterocycles. The highest BCUT2D eigenvalue weighted by molar-refractivity contribution is 6.41. The molecule has 13 nitrogen and oxygen atoms in total. The summed E-state index contributed by atoms with van der Waals surface area (Å²) in [6, 6.07) is 9.40. The van der Waals surface area contributed by atoms with Gasteiger partial charge in [0.25, 0.3) is 5.91 Å². The van der Waals surface area contributed by atoms with Crippen molar-refractivity contribution in [2.24, 2.45) is 5.92 Å². The number of aryl methyl sites for hydroxylation is 2. The number of H-pyrrole nitrogens is 1. The van der Waals surface area contributed by atoms with Gasteiger partial charge in [0.2, 0.25) is 11.9 Å². The first-order valence-electron chi connectivity index (χ1n) is 14.5. The van der Waals surface area contributed by atoms with Crippen LogP contribution in [0.1, 0.15) is 28.0 Å². The molecule has 4 aromatic rings. The Morgan fingerprint density at radius 2 is 1.62 bits per heavy atom. The molecule has 262 valence electrons. The van der Waals surface area contributed by atoms with E-state index in [0.29, 0.717) is 48.4 Å². The lowest BCUT2D eigenvalue weighted by molar-refractivity contribution is -0.193. The van der Waals surface area contributed by atoms with Crippen LogP contribution in [0.3, 0.4) is 0 Å². The fourth-order valence-electron chi connectivity index (χ4n) is 4.88. The zero-order valence-electron chi connectivity index (χ0n) is 25.3. The lowest BCUT2D eigenvalue weighted by Gasteiger charge is -2.38. The summed E-state index contributed by atoms with van der Waals surface area (Å²) in [5.41, 5.74) is 4.78. The lowest BCUT2D eigenvalue weighted by atomic mass is 9.95. The van der Waals surface area contributed by atoms with Crippen LogP contribution in [-0.4, -0.2) is 78.9 Å². The number of amides is 2. The third kappa shape index (κ3) is 8.90. The molecule has 1 saturated heterocycles. The molecule has 1 fully saturated rings. The highest BCUT2D eigenvalue weighted by atomic mass is 35.5. The van der Waals surface area contributed by atoms with E-state index in [9.17, 15) is 45.5 Å². The van der Waals surface area contributed by atoms with E-state index in [2.05, 4.69) is 41.1 Å². The van der Waals surface area contributed by atoms with Crippen molar-refractivity contribution in [2.75, 3.05) is 29.0 Å². The van der Waals surface area contributed by atoms with Crippen LogP contribution < -0.4 is 16.0 Å². The van der Waals surface area contributed by atoms with Gasteiger partial charge in [-0.05, 0) is 54.3 Å². The van der Waals surface area contributed by atoms with Crippen LogP contribution in [0, 0.1) is 5.92 Å². The third-order valence-electron chi connectivity index (χ3n) is 7.29. The first kappa shape index (κ1) is 35.7. The molecule has 3 aromatic heterocycles. The second-order valence-corrected chi connectivity index (χ2v) is 11.5. The number of likely N-dealkylation sites (tertiary alicyclic amines) is 1. The summed E-state index contributed by atoms with van der Waals surface area (Å²) in [5.74, 6) is -6.01. The van der Waals surface area contributed by atoms with Crippen molar-refractivity contribution >= 4 is 63.8 Å². The average Bonchev–Trinajstić information content (AvgIpc) is 3.58. The van der Waals surface area contributed by atoms with Crippen molar-refractivity contribution in [1.29, 1.82) is 0 Å². The summed E-state index contributed by atoms with van der Waals surface area (Å²) in [5, 5.41) is 16.4. The molecule has 0 radical (unpaired) electrons. The number of Topliss-reactive ketones (excluding diaryl/α,β-unsaturated/α-hetero) is 2. The van der Waals surface area contributed by atoms with Crippen LogP contribution in [0.4, 0.5) is 55.2 Å². The predicted octanol–water partition coefficient (Wildman–Crippen LogP) is 5.18. The molecule has 0 unspecified atom stereocenters. The minimum absolute atomic E-state index is 0.0835. The van der Waals surface area contributed by atoms with Crippen LogP contribution in [-0.2, 0) is 27.2 Å². The molecule has 2 aliphatic rings. The van der Waals surface area contributed by atoms with E-state index in [1.807, 2.05) is 30.5 Å². The summed E-state index contributed by atoms with van der Waals surface area (Å²) < 4.78 is 67.0. The van der Waals surface area contributed by atoms with Gasteiger partial charge in [-0.2, -0.15) is 36.4 Å². The number of fused-ring (bicyclic) bond motifs is 6. The van der Waals surface area contributed by atoms with E-state index in [0.717, 1.165) is 34.6 Å². The van der Waals surface area contributed by atoms with Gasteiger partial charge >= 0.3 is 23.9 Å². The molecular weight excluding hydrogens is 700 g/mol. The Bertz CT molecular complexity index is 1890. The second kappa shape index (κ2) is 14.5. The van der Waals surface area contributed by atoms with Gasteiger partial charge in [0, 0.05) is 49.2 Å². The van der Waals surface area contributed by atoms with E-state index >= 15 is 0 Å². The number of aromatic amines is 1. The maximum absolute atomic E-state index is 12.9. The number of ketones is 2. The summed E-state index contributed by atoms with van der Waals surface area (Å²) >= 11 is 6.35. The van der Waals surface area contributed by atoms with Gasteiger partial charge < -0.3 is 20.9 Å². The van der Waals surface area contributed by atoms with E-state index in [4.69, 9.17) is 11.6 Å². The number of benzene rings is 1. The molecule has 0 aliphatic carbocycles. The number of anilines is 5. The molecule has 4 N–H and O–H groups in total. The Balaban J connectivity index is 0.000000349. The van der Waals surface area contributed by atoms with E-state index < -0.39 is 23.9 Å². The molecule has 1 aromatic carbocycles. The van der Waals surface area contributed by atoms with Crippen LogP contribution in [0.25, 0.3) is 0 Å². The fourth-order valence-corrected chi connectivity index (χ4v) is 5.02. The SMILES string of the molecule is O=C(C(=O)C(F)(F)F)C(F)(F)F.O=C(CC1CN(C(=O)c2ccn[nH]2)C1)Nc1ccc2cc1CCc1cncc(c1)Nc1ncc(Cl)c(n1)N2. The number of rotatable bonds is 5. The van der Waals surface area contributed by atoms with Crippen LogP contribution in [0.2, 0.25) is 5.02 Å². The predicted molar refractivity (Wildman–Crippen MR) is 165 cm³/mol. The van der Waals surface area contributed by atoms with Gasteiger partial charge in [0.1, 0.15) is 10.7 Å². The van der Waals surface area contributed by atoms with Gasteiger partial charge in [-0.3, -0.25) is 29.3 Å². The number of alkyl halides is 6. The van der Waals surface area contributed by atoms with Crippen molar-refractivity contribution in [2.45, 2.75) is 31.6 Å². The van der Waals surface area contributed by atoms with Crippen LogP contribution in [0.15, 0.2) is 55.1 Å². The van der Waals surface area contributed by atoms with Gasteiger partial charge in [-0.25, -0.2) is 4.98 Å². The highest BCUT2D eigenvalue weighted by Crippen LogP contribution is 2.30. The van der Waals surface area contributed by atoms with Crippen molar-refractivity contribution in [3.8, 4) is 0 Å². The third-order valence-corrected chi connectivity index (χ3v) is 7.57. The zero-order chi connectivity index (χ0) is 36.2. The van der Waals surface area contributed by atoms with E-state index in [-0.39, 0.29) is 17.7 Å². The Morgan fingerprint density at radius 3 is 2.28 bits per heavy atom. The maximum atomic E-state index is 12.9. The first-order valence-corrected chi connectivity index (χ1v) is 14.9.